The van der Waals surface area contributed by atoms with Crippen molar-refractivity contribution in [1.29, 1.82) is 0 Å². The van der Waals surface area contributed by atoms with E-state index in [1.54, 1.807) is 0 Å². The molecule has 0 radical (unpaired) electrons. The first-order chi connectivity index (χ1) is 5.54. The SMILES string of the molecule is O=C([O-])c1ccc(Cl)c(F)c1F.[Na+]. The summed E-state index contributed by atoms with van der Waals surface area (Å²) in [6, 6.07) is 1.79. The van der Waals surface area contributed by atoms with Gasteiger partial charge in [-0.1, -0.05) is 11.6 Å². The molecule has 1 aromatic carbocycles. The number of rotatable bonds is 1. The Hall–Kier alpha value is -0.160. The third kappa shape index (κ3) is 2.64. The molecule has 0 atom stereocenters. The molecule has 1 rings (SSSR count). The van der Waals surface area contributed by atoms with Crippen LogP contribution in [0.5, 0.6) is 0 Å². The zero-order chi connectivity index (χ0) is 9.30. The van der Waals surface area contributed by atoms with E-state index >= 15 is 0 Å². The minimum Gasteiger partial charge on any atom is -0.545 e. The van der Waals surface area contributed by atoms with Crippen molar-refractivity contribution in [1.82, 2.24) is 0 Å². The fraction of sp³-hybridized carbons (Fsp3) is 0. The van der Waals surface area contributed by atoms with Gasteiger partial charge in [0.1, 0.15) is 0 Å². The second-order valence-corrected chi connectivity index (χ2v) is 2.42. The van der Waals surface area contributed by atoms with Gasteiger partial charge >= 0.3 is 29.6 Å². The van der Waals surface area contributed by atoms with Crippen molar-refractivity contribution in [3.8, 4) is 0 Å². The number of carbonyl (C=O) groups is 1. The Morgan fingerprint density at radius 2 is 1.85 bits per heavy atom. The van der Waals surface area contributed by atoms with Gasteiger partial charge in [-0.3, -0.25) is 0 Å². The van der Waals surface area contributed by atoms with Gasteiger partial charge in [-0.2, -0.15) is 0 Å². The number of benzene rings is 1. The van der Waals surface area contributed by atoms with Gasteiger partial charge in [-0.05, 0) is 12.1 Å². The zero-order valence-corrected chi connectivity index (χ0v) is 9.36. The maximum Gasteiger partial charge on any atom is 1.00 e. The number of carboxylic acids is 1. The van der Waals surface area contributed by atoms with Gasteiger partial charge in [0.15, 0.2) is 11.6 Å². The summed E-state index contributed by atoms with van der Waals surface area (Å²) in [4.78, 5) is 10.1. The van der Waals surface area contributed by atoms with Crippen LogP contribution >= 0.6 is 11.6 Å². The molecule has 0 saturated heterocycles. The van der Waals surface area contributed by atoms with Crippen LogP contribution < -0.4 is 34.7 Å². The topological polar surface area (TPSA) is 40.1 Å². The van der Waals surface area contributed by atoms with Crippen LogP contribution in [0.4, 0.5) is 8.78 Å². The van der Waals surface area contributed by atoms with Gasteiger partial charge in [0, 0.05) is 5.56 Å². The Bertz CT molecular complexity index is 344. The molecule has 0 aliphatic heterocycles. The average Bonchev–Trinajstić information content (AvgIpc) is 2.00. The van der Waals surface area contributed by atoms with E-state index in [0.717, 1.165) is 12.1 Å². The number of carboxylic acid groups (broad SMARTS) is 1. The van der Waals surface area contributed by atoms with Crippen molar-refractivity contribution in [2.75, 3.05) is 0 Å². The summed E-state index contributed by atoms with van der Waals surface area (Å²) < 4.78 is 25.2. The Balaban J connectivity index is 0.00000144. The van der Waals surface area contributed by atoms with E-state index < -0.39 is 28.2 Å². The van der Waals surface area contributed by atoms with Crippen LogP contribution in [-0.2, 0) is 0 Å². The predicted molar refractivity (Wildman–Crippen MR) is 35.7 cm³/mol. The maximum atomic E-state index is 12.6. The molecular weight excluding hydrogens is 213 g/mol. The minimum absolute atomic E-state index is 0. The first-order valence-corrected chi connectivity index (χ1v) is 3.26. The number of halogens is 3. The number of hydrogen-bond acceptors (Lipinski definition) is 2. The van der Waals surface area contributed by atoms with Crippen LogP contribution in [0.15, 0.2) is 12.1 Å². The van der Waals surface area contributed by atoms with Gasteiger partial charge in [0.2, 0.25) is 0 Å². The van der Waals surface area contributed by atoms with Crippen molar-refractivity contribution in [2.45, 2.75) is 0 Å². The second kappa shape index (κ2) is 4.91. The Morgan fingerprint density at radius 3 is 2.31 bits per heavy atom. The molecule has 0 aliphatic carbocycles. The molecule has 0 saturated carbocycles. The predicted octanol–water partition coefficient (Wildman–Crippen LogP) is -2.01. The molecule has 0 spiro atoms. The Morgan fingerprint density at radius 1 is 1.31 bits per heavy atom. The molecule has 64 valence electrons. The van der Waals surface area contributed by atoms with Gasteiger partial charge in [-0.25, -0.2) is 8.78 Å². The van der Waals surface area contributed by atoms with Crippen molar-refractivity contribution in [3.05, 3.63) is 34.4 Å². The summed E-state index contributed by atoms with van der Waals surface area (Å²) in [6.45, 7) is 0. The Labute approximate surface area is 99.8 Å². The summed E-state index contributed by atoms with van der Waals surface area (Å²) >= 11 is 5.16. The fourth-order valence-electron chi connectivity index (χ4n) is 0.684. The number of hydrogen-bond donors (Lipinski definition) is 0. The third-order valence-corrected chi connectivity index (χ3v) is 1.55. The Kier molecular flexibility index (Phi) is 4.85. The van der Waals surface area contributed by atoms with E-state index in [9.17, 15) is 18.7 Å². The van der Waals surface area contributed by atoms with Gasteiger partial charge < -0.3 is 9.90 Å². The van der Waals surface area contributed by atoms with E-state index in [2.05, 4.69) is 0 Å². The van der Waals surface area contributed by atoms with Crippen LogP contribution in [0.1, 0.15) is 10.4 Å². The molecule has 2 nitrogen and oxygen atoms in total. The van der Waals surface area contributed by atoms with Crippen LogP contribution in [0, 0.1) is 11.6 Å². The maximum absolute atomic E-state index is 12.6. The molecule has 0 fully saturated rings. The number of carbonyl (C=O) groups excluding carboxylic acids is 1. The molecule has 6 heteroatoms. The molecular formula is C7H2ClF2NaO2. The molecule has 0 bridgehead atoms. The molecule has 1 aromatic rings. The number of aromatic carboxylic acids is 1. The molecule has 13 heavy (non-hydrogen) atoms. The molecule has 0 aliphatic rings. The van der Waals surface area contributed by atoms with Crippen LogP contribution in [0.25, 0.3) is 0 Å². The van der Waals surface area contributed by atoms with E-state index in [1.807, 2.05) is 0 Å². The van der Waals surface area contributed by atoms with E-state index in [4.69, 9.17) is 11.6 Å². The van der Waals surface area contributed by atoms with Gasteiger partial charge in [-0.15, -0.1) is 0 Å². The average molecular weight is 215 g/mol. The standard InChI is InChI=1S/C7H3ClF2O2.Na/c8-4-2-1-3(7(11)12)5(9)6(4)10;/h1-2H,(H,11,12);/q;+1/p-1. The van der Waals surface area contributed by atoms with Crippen LogP contribution in [0.3, 0.4) is 0 Å². The summed E-state index contributed by atoms with van der Waals surface area (Å²) in [5.41, 5.74) is -0.836. The first kappa shape index (κ1) is 12.8. The van der Waals surface area contributed by atoms with Crippen LogP contribution in [0.2, 0.25) is 5.02 Å². The van der Waals surface area contributed by atoms with Crippen molar-refractivity contribution >= 4 is 17.6 Å². The molecule has 0 amide bonds. The van der Waals surface area contributed by atoms with Crippen molar-refractivity contribution in [3.63, 3.8) is 0 Å². The van der Waals surface area contributed by atoms with E-state index in [-0.39, 0.29) is 29.6 Å². The molecule has 0 aromatic heterocycles. The second-order valence-electron chi connectivity index (χ2n) is 2.01. The first-order valence-electron chi connectivity index (χ1n) is 2.89. The summed E-state index contributed by atoms with van der Waals surface area (Å²) in [5.74, 6) is -4.65. The minimum atomic E-state index is -1.77. The molecule has 0 heterocycles. The summed E-state index contributed by atoms with van der Waals surface area (Å²) in [6.07, 6.45) is 0. The largest absolute Gasteiger partial charge is 1.00 e. The van der Waals surface area contributed by atoms with Gasteiger partial charge in [0.25, 0.3) is 0 Å². The van der Waals surface area contributed by atoms with E-state index in [0.29, 0.717) is 0 Å². The zero-order valence-electron chi connectivity index (χ0n) is 6.61. The van der Waals surface area contributed by atoms with Crippen LogP contribution in [-0.4, -0.2) is 5.97 Å². The summed E-state index contributed by atoms with van der Waals surface area (Å²) in [5, 5.41) is 9.66. The third-order valence-electron chi connectivity index (χ3n) is 1.26. The monoisotopic (exact) mass is 214 g/mol. The van der Waals surface area contributed by atoms with Gasteiger partial charge in [0.05, 0.1) is 11.0 Å². The molecule has 0 N–H and O–H groups in total. The van der Waals surface area contributed by atoms with Crippen molar-refractivity contribution < 1.29 is 48.2 Å². The normalized spacial score (nSPS) is 9.15. The van der Waals surface area contributed by atoms with E-state index in [1.165, 1.54) is 0 Å². The quantitative estimate of drug-likeness (QED) is 0.400. The summed E-state index contributed by atoms with van der Waals surface area (Å²) in [7, 11) is 0. The fourth-order valence-corrected chi connectivity index (χ4v) is 0.830. The smallest absolute Gasteiger partial charge is 0.545 e. The molecule has 0 unspecified atom stereocenters. The van der Waals surface area contributed by atoms with Crippen molar-refractivity contribution in [2.24, 2.45) is 0 Å².